The van der Waals surface area contributed by atoms with E-state index in [2.05, 4.69) is 247 Å². The van der Waals surface area contributed by atoms with E-state index in [1.54, 1.807) is 0 Å². The topological polar surface area (TPSA) is 8.17 Å². The summed E-state index contributed by atoms with van der Waals surface area (Å²) in [6.07, 6.45) is 0. The van der Waals surface area contributed by atoms with Crippen molar-refractivity contribution in [3.63, 3.8) is 0 Å². The minimum Gasteiger partial charge on any atom is -0.310 e. The molecule has 11 aromatic rings. The molecular formula is C60H42N2. The van der Waals surface area contributed by atoms with Crippen molar-refractivity contribution < 1.29 is 0 Å². The molecule has 2 nitrogen and oxygen atoms in total. The van der Waals surface area contributed by atoms with Crippen LogP contribution in [0.25, 0.3) is 82.8 Å². The number of aromatic nitrogens is 1. The lowest BCUT2D eigenvalue weighted by molar-refractivity contribution is 0.958. The van der Waals surface area contributed by atoms with Crippen LogP contribution in [0.2, 0.25) is 0 Å². The Morgan fingerprint density at radius 1 is 0.355 bits per heavy atom. The van der Waals surface area contributed by atoms with Crippen molar-refractivity contribution in [2.45, 2.75) is 12.8 Å². The van der Waals surface area contributed by atoms with Crippen molar-refractivity contribution in [1.29, 1.82) is 0 Å². The molecule has 2 heteroatoms. The van der Waals surface area contributed by atoms with Crippen molar-refractivity contribution in [3.8, 4) is 50.2 Å². The number of rotatable bonds is 7. The molecule has 0 radical (unpaired) electrons. The van der Waals surface area contributed by atoms with Crippen LogP contribution in [-0.2, 0) is 0 Å². The fourth-order valence-electron chi connectivity index (χ4n) is 9.96. The van der Waals surface area contributed by atoms with Gasteiger partial charge in [0.25, 0.3) is 0 Å². The molecule has 0 bridgehead atoms. The predicted molar refractivity (Wildman–Crippen MR) is 262 cm³/mol. The third-order valence-electron chi connectivity index (χ3n) is 13.0. The summed E-state index contributed by atoms with van der Waals surface area (Å²) >= 11 is 0. The maximum atomic E-state index is 2.47. The predicted octanol–water partition coefficient (Wildman–Crippen LogP) is 16.5. The Labute approximate surface area is 362 Å². The number of para-hydroxylation sites is 1. The summed E-state index contributed by atoms with van der Waals surface area (Å²) in [4.78, 5) is 2.37. The van der Waals surface area contributed by atoms with Crippen LogP contribution in [0.15, 0.2) is 231 Å². The molecule has 0 spiro atoms. The average Bonchev–Trinajstić information content (AvgIpc) is 3.82. The first kappa shape index (κ1) is 36.0. The molecule has 0 N–H and O–H groups in total. The van der Waals surface area contributed by atoms with Crippen LogP contribution in [0.1, 0.15) is 24.0 Å². The summed E-state index contributed by atoms with van der Waals surface area (Å²) in [5, 5.41) is 5.09. The van der Waals surface area contributed by atoms with E-state index < -0.39 is 0 Å². The third kappa shape index (κ3) is 5.95. The van der Waals surface area contributed by atoms with E-state index >= 15 is 0 Å². The van der Waals surface area contributed by atoms with Crippen LogP contribution in [0, 0.1) is 0 Å². The van der Waals surface area contributed by atoms with Crippen LogP contribution in [0.5, 0.6) is 0 Å². The Balaban J connectivity index is 1.02. The molecule has 1 atom stereocenters. The fraction of sp³-hybridized carbons (Fsp3) is 0.0333. The smallest absolute Gasteiger partial charge is 0.0547 e. The van der Waals surface area contributed by atoms with E-state index in [0.717, 1.165) is 22.7 Å². The number of benzene rings is 10. The van der Waals surface area contributed by atoms with E-state index in [1.807, 2.05) is 0 Å². The second-order valence-corrected chi connectivity index (χ2v) is 16.5. The van der Waals surface area contributed by atoms with Gasteiger partial charge in [-0.25, -0.2) is 0 Å². The lowest BCUT2D eigenvalue weighted by Crippen LogP contribution is -2.10. The van der Waals surface area contributed by atoms with Crippen molar-refractivity contribution in [3.05, 3.63) is 242 Å². The molecule has 292 valence electrons. The molecule has 1 heterocycles. The monoisotopic (exact) mass is 790 g/mol. The zero-order chi connectivity index (χ0) is 41.1. The highest BCUT2D eigenvalue weighted by Crippen LogP contribution is 2.49. The molecule has 1 aliphatic rings. The molecule has 12 rings (SSSR count). The van der Waals surface area contributed by atoms with E-state index in [-0.39, 0.29) is 0 Å². The van der Waals surface area contributed by atoms with Gasteiger partial charge in [0, 0.05) is 39.4 Å². The van der Waals surface area contributed by atoms with Crippen molar-refractivity contribution in [1.82, 2.24) is 4.57 Å². The van der Waals surface area contributed by atoms with Gasteiger partial charge in [0.05, 0.1) is 11.0 Å². The van der Waals surface area contributed by atoms with Gasteiger partial charge in [-0.2, -0.15) is 0 Å². The Hall–Kier alpha value is -7.94. The summed E-state index contributed by atoms with van der Waals surface area (Å²) in [5.74, 6) is 0.369. The number of hydrogen-bond donors (Lipinski definition) is 0. The molecule has 0 saturated carbocycles. The molecule has 0 aliphatic heterocycles. The SMILES string of the molecule is CC1c2ccccc2-c2c1ccc1cc3c(cc21)c1cc(-c2cccc(N(c4ccc(-c5ccccc5)cc4)c4ccc(-c5ccccc5)cc4)c2)ccc1n3-c1ccccc1. The van der Waals surface area contributed by atoms with Gasteiger partial charge in [0.2, 0.25) is 0 Å². The van der Waals surface area contributed by atoms with Gasteiger partial charge < -0.3 is 9.47 Å². The molecule has 0 saturated heterocycles. The van der Waals surface area contributed by atoms with Crippen LogP contribution < -0.4 is 4.90 Å². The van der Waals surface area contributed by atoms with E-state index in [9.17, 15) is 0 Å². The zero-order valence-corrected chi connectivity index (χ0v) is 34.4. The normalized spacial score (nSPS) is 13.1. The fourth-order valence-corrected chi connectivity index (χ4v) is 9.96. The van der Waals surface area contributed by atoms with Crippen molar-refractivity contribution >= 4 is 49.6 Å². The summed E-state index contributed by atoms with van der Waals surface area (Å²) in [5.41, 5.74) is 19.6. The van der Waals surface area contributed by atoms with Crippen molar-refractivity contribution in [2.24, 2.45) is 0 Å². The summed E-state index contributed by atoms with van der Waals surface area (Å²) in [6, 6.07) is 84.4. The first-order valence-corrected chi connectivity index (χ1v) is 21.6. The van der Waals surface area contributed by atoms with E-state index in [4.69, 9.17) is 0 Å². The van der Waals surface area contributed by atoms with Gasteiger partial charge in [-0.1, -0.05) is 165 Å². The maximum Gasteiger partial charge on any atom is 0.0547 e. The Bertz CT molecular complexity index is 3360. The van der Waals surface area contributed by atoms with Gasteiger partial charge in [-0.3, -0.25) is 0 Å². The Morgan fingerprint density at radius 3 is 1.58 bits per heavy atom. The first-order valence-electron chi connectivity index (χ1n) is 21.6. The molecule has 0 fully saturated rings. The lowest BCUT2D eigenvalue weighted by Gasteiger charge is -2.26. The second kappa shape index (κ2) is 14.7. The number of nitrogens with zero attached hydrogens (tertiary/aromatic N) is 2. The van der Waals surface area contributed by atoms with Crippen LogP contribution in [-0.4, -0.2) is 4.57 Å². The van der Waals surface area contributed by atoms with E-state index in [1.165, 1.54) is 88.2 Å². The molecule has 0 amide bonds. The van der Waals surface area contributed by atoms with Gasteiger partial charge in [0.15, 0.2) is 0 Å². The van der Waals surface area contributed by atoms with Gasteiger partial charge in [-0.15, -0.1) is 0 Å². The van der Waals surface area contributed by atoms with Crippen LogP contribution in [0.3, 0.4) is 0 Å². The van der Waals surface area contributed by atoms with Gasteiger partial charge in [-0.05, 0) is 139 Å². The number of hydrogen-bond acceptors (Lipinski definition) is 1. The highest BCUT2D eigenvalue weighted by atomic mass is 15.1. The maximum absolute atomic E-state index is 2.47. The molecule has 1 aromatic heterocycles. The van der Waals surface area contributed by atoms with Crippen LogP contribution in [0.4, 0.5) is 17.1 Å². The second-order valence-electron chi connectivity index (χ2n) is 16.5. The lowest BCUT2D eigenvalue weighted by atomic mass is 9.94. The summed E-state index contributed by atoms with van der Waals surface area (Å²) in [6.45, 7) is 2.34. The Morgan fingerprint density at radius 2 is 0.903 bits per heavy atom. The minimum atomic E-state index is 0.369. The average molecular weight is 791 g/mol. The largest absolute Gasteiger partial charge is 0.310 e. The number of anilines is 3. The minimum absolute atomic E-state index is 0.369. The molecule has 1 aliphatic carbocycles. The van der Waals surface area contributed by atoms with E-state index in [0.29, 0.717) is 5.92 Å². The molecular weight excluding hydrogens is 749 g/mol. The standard InChI is InChI=1S/C60H42N2/c1-40-52-22-11-12-23-54(52)60-53(40)34-28-47-38-59-57(39-55(47)60)56-37-46(29-35-58(56)62(59)48-19-9-4-10-20-48)45-18-13-21-51(36-45)61(49-30-24-43(25-31-49)41-14-5-2-6-15-41)50-32-26-44(27-33-50)42-16-7-3-8-17-42/h2-40H,1H3. The molecule has 1 unspecified atom stereocenters. The molecule has 62 heavy (non-hydrogen) atoms. The Kier molecular flexibility index (Phi) is 8.50. The highest BCUT2D eigenvalue weighted by Gasteiger charge is 2.27. The van der Waals surface area contributed by atoms with Gasteiger partial charge >= 0.3 is 0 Å². The molecule has 10 aromatic carbocycles. The zero-order valence-electron chi connectivity index (χ0n) is 34.4. The first-order chi connectivity index (χ1) is 30.7. The summed E-state index contributed by atoms with van der Waals surface area (Å²) < 4.78 is 2.44. The summed E-state index contributed by atoms with van der Waals surface area (Å²) in [7, 11) is 0. The van der Waals surface area contributed by atoms with Crippen molar-refractivity contribution in [2.75, 3.05) is 4.90 Å². The van der Waals surface area contributed by atoms with Gasteiger partial charge in [0.1, 0.15) is 0 Å². The quantitative estimate of drug-likeness (QED) is 0.156. The van der Waals surface area contributed by atoms with Crippen LogP contribution >= 0.6 is 0 Å². The third-order valence-corrected chi connectivity index (χ3v) is 13.0. The highest BCUT2D eigenvalue weighted by molar-refractivity contribution is 6.17. The number of fused-ring (bicyclic) bond motifs is 8.